The van der Waals surface area contributed by atoms with Gasteiger partial charge in [0.1, 0.15) is 5.56 Å². The van der Waals surface area contributed by atoms with E-state index in [9.17, 15) is 19.7 Å². The summed E-state index contributed by atoms with van der Waals surface area (Å²) in [7, 11) is 2.70. The van der Waals surface area contributed by atoms with Gasteiger partial charge in [-0.25, -0.2) is 4.79 Å². The van der Waals surface area contributed by atoms with Gasteiger partial charge in [-0.05, 0) is 24.7 Å². The molecule has 0 spiro atoms. The summed E-state index contributed by atoms with van der Waals surface area (Å²) in [6.07, 6.45) is 5.79. The second kappa shape index (κ2) is 9.11. The molecule has 0 N–H and O–H groups in total. The SMILES string of the molecule is COc1cc(C(=O)OCC(=O)N2CC[C@@H]3CCCC[C@H]3C2)c([N+](=O)[O-])cc1OC. The number of amides is 1. The van der Waals surface area contributed by atoms with Crippen molar-refractivity contribution in [3.8, 4) is 11.5 Å². The number of nitrogens with zero attached hydrogens (tertiary/aromatic N) is 2. The number of fused-ring (bicyclic) bond motifs is 1. The maximum absolute atomic E-state index is 12.5. The van der Waals surface area contributed by atoms with Crippen molar-refractivity contribution in [1.29, 1.82) is 0 Å². The number of benzene rings is 1. The highest BCUT2D eigenvalue weighted by atomic mass is 16.6. The van der Waals surface area contributed by atoms with E-state index in [0.717, 1.165) is 18.9 Å². The van der Waals surface area contributed by atoms with Gasteiger partial charge in [-0.3, -0.25) is 14.9 Å². The monoisotopic (exact) mass is 406 g/mol. The van der Waals surface area contributed by atoms with E-state index in [-0.39, 0.29) is 23.0 Å². The van der Waals surface area contributed by atoms with Gasteiger partial charge in [0.15, 0.2) is 18.1 Å². The maximum Gasteiger partial charge on any atom is 0.345 e. The zero-order valence-electron chi connectivity index (χ0n) is 16.7. The van der Waals surface area contributed by atoms with Crippen LogP contribution in [0.1, 0.15) is 42.5 Å². The van der Waals surface area contributed by atoms with Crippen molar-refractivity contribution in [3.63, 3.8) is 0 Å². The number of esters is 1. The van der Waals surface area contributed by atoms with Crippen molar-refractivity contribution in [2.45, 2.75) is 32.1 Å². The van der Waals surface area contributed by atoms with Crippen LogP contribution in [0.4, 0.5) is 5.69 Å². The average Bonchev–Trinajstić information content (AvgIpc) is 2.75. The zero-order chi connectivity index (χ0) is 21.0. The topological polar surface area (TPSA) is 108 Å². The Labute approximate surface area is 169 Å². The van der Waals surface area contributed by atoms with E-state index >= 15 is 0 Å². The van der Waals surface area contributed by atoms with Crippen LogP contribution in [0.3, 0.4) is 0 Å². The van der Waals surface area contributed by atoms with E-state index < -0.39 is 23.2 Å². The predicted octanol–water partition coefficient (Wildman–Crippen LogP) is 2.81. The number of hydrogen-bond acceptors (Lipinski definition) is 7. The Morgan fingerprint density at radius 2 is 1.76 bits per heavy atom. The predicted molar refractivity (Wildman–Crippen MR) is 103 cm³/mol. The Bertz CT molecular complexity index is 795. The molecule has 2 aliphatic rings. The largest absolute Gasteiger partial charge is 0.493 e. The number of hydrogen-bond donors (Lipinski definition) is 0. The van der Waals surface area contributed by atoms with Crippen molar-refractivity contribution >= 4 is 17.6 Å². The first-order valence-corrected chi connectivity index (χ1v) is 9.80. The first-order chi connectivity index (χ1) is 13.9. The van der Waals surface area contributed by atoms with Crippen LogP contribution in [0.25, 0.3) is 0 Å². The molecule has 1 saturated carbocycles. The minimum Gasteiger partial charge on any atom is -0.493 e. The summed E-state index contributed by atoms with van der Waals surface area (Å²) in [6, 6.07) is 2.29. The third-order valence-electron chi connectivity index (χ3n) is 5.89. The summed E-state index contributed by atoms with van der Waals surface area (Å²) in [5, 5.41) is 11.3. The van der Waals surface area contributed by atoms with Crippen molar-refractivity contribution in [1.82, 2.24) is 4.90 Å². The minimum absolute atomic E-state index is 0.127. The lowest BCUT2D eigenvalue weighted by Gasteiger charge is -2.41. The lowest BCUT2D eigenvalue weighted by atomic mass is 9.75. The highest BCUT2D eigenvalue weighted by molar-refractivity contribution is 5.96. The summed E-state index contributed by atoms with van der Waals surface area (Å²) in [5.74, 6) is 0.274. The molecule has 1 aliphatic carbocycles. The summed E-state index contributed by atoms with van der Waals surface area (Å²) >= 11 is 0. The summed E-state index contributed by atoms with van der Waals surface area (Å²) in [4.78, 5) is 37.4. The van der Waals surface area contributed by atoms with Crippen LogP contribution in [0.2, 0.25) is 0 Å². The van der Waals surface area contributed by atoms with Crippen molar-refractivity contribution in [2.75, 3.05) is 33.9 Å². The third-order valence-corrected chi connectivity index (χ3v) is 5.89. The highest BCUT2D eigenvalue weighted by Gasteiger charge is 2.33. The summed E-state index contributed by atoms with van der Waals surface area (Å²) in [6.45, 7) is 0.910. The van der Waals surface area contributed by atoms with E-state index in [4.69, 9.17) is 14.2 Å². The zero-order valence-corrected chi connectivity index (χ0v) is 16.7. The summed E-state index contributed by atoms with van der Waals surface area (Å²) in [5.41, 5.74) is -0.755. The molecule has 0 bridgehead atoms. The molecule has 0 aromatic heterocycles. The molecular weight excluding hydrogens is 380 g/mol. The van der Waals surface area contributed by atoms with Gasteiger partial charge in [0.05, 0.1) is 25.2 Å². The fourth-order valence-electron chi connectivity index (χ4n) is 4.31. The number of likely N-dealkylation sites (tertiary alicyclic amines) is 1. The van der Waals surface area contributed by atoms with Gasteiger partial charge in [0.25, 0.3) is 11.6 Å². The third kappa shape index (κ3) is 4.60. The van der Waals surface area contributed by atoms with Crippen LogP contribution in [0.5, 0.6) is 11.5 Å². The molecular formula is C20H26N2O7. The van der Waals surface area contributed by atoms with Crippen LogP contribution in [0.15, 0.2) is 12.1 Å². The molecule has 0 unspecified atom stereocenters. The van der Waals surface area contributed by atoms with Crippen LogP contribution < -0.4 is 9.47 Å². The Morgan fingerprint density at radius 3 is 2.41 bits per heavy atom. The van der Waals surface area contributed by atoms with Gasteiger partial charge >= 0.3 is 5.97 Å². The number of carbonyl (C=O) groups is 2. The first kappa shape index (κ1) is 20.9. The number of rotatable bonds is 6. The molecule has 29 heavy (non-hydrogen) atoms. The molecule has 9 nitrogen and oxygen atoms in total. The molecule has 1 aromatic rings. The van der Waals surface area contributed by atoms with Gasteiger partial charge in [0, 0.05) is 19.2 Å². The van der Waals surface area contributed by atoms with Gasteiger partial charge in [-0.2, -0.15) is 0 Å². The van der Waals surface area contributed by atoms with Gasteiger partial charge < -0.3 is 19.1 Å². The van der Waals surface area contributed by atoms with E-state index in [1.54, 1.807) is 4.90 Å². The van der Waals surface area contributed by atoms with Crippen molar-refractivity contribution < 1.29 is 28.7 Å². The highest BCUT2D eigenvalue weighted by Crippen LogP contribution is 2.36. The van der Waals surface area contributed by atoms with E-state index in [1.165, 1.54) is 39.5 Å². The van der Waals surface area contributed by atoms with E-state index in [0.29, 0.717) is 24.9 Å². The normalized spacial score (nSPS) is 21.1. The standard InChI is InChI=1S/C20H26N2O7/c1-27-17-9-15(16(22(25)26)10-18(17)28-2)20(24)29-12-19(23)21-8-7-13-5-3-4-6-14(13)11-21/h9-10,13-14H,3-8,11-12H2,1-2H3/t13-,14-/m0/s1. The quantitative estimate of drug-likeness (QED) is 0.406. The first-order valence-electron chi connectivity index (χ1n) is 9.80. The van der Waals surface area contributed by atoms with Gasteiger partial charge in [0.2, 0.25) is 0 Å². The Kier molecular flexibility index (Phi) is 6.56. The number of carbonyl (C=O) groups excluding carboxylic acids is 2. The molecule has 9 heteroatoms. The Morgan fingerprint density at radius 1 is 1.10 bits per heavy atom. The molecule has 2 fully saturated rings. The minimum atomic E-state index is -0.946. The lowest BCUT2D eigenvalue weighted by Crippen LogP contribution is -2.46. The molecule has 3 rings (SSSR count). The molecule has 0 radical (unpaired) electrons. The second-order valence-corrected chi connectivity index (χ2v) is 7.49. The fourth-order valence-corrected chi connectivity index (χ4v) is 4.31. The molecule has 1 amide bonds. The van der Waals surface area contributed by atoms with Crippen LogP contribution >= 0.6 is 0 Å². The fraction of sp³-hybridized carbons (Fsp3) is 0.600. The number of methoxy groups -OCH3 is 2. The molecule has 158 valence electrons. The number of piperidine rings is 1. The average molecular weight is 406 g/mol. The number of nitro groups is 1. The van der Waals surface area contributed by atoms with Crippen molar-refractivity contribution in [3.05, 3.63) is 27.8 Å². The van der Waals surface area contributed by atoms with E-state index in [1.807, 2.05) is 0 Å². The van der Waals surface area contributed by atoms with Gasteiger partial charge in [-0.1, -0.05) is 19.3 Å². The smallest absolute Gasteiger partial charge is 0.345 e. The van der Waals surface area contributed by atoms with Crippen LogP contribution in [0, 0.1) is 22.0 Å². The molecule has 1 saturated heterocycles. The molecule has 2 atom stereocenters. The van der Waals surface area contributed by atoms with Crippen LogP contribution in [-0.2, 0) is 9.53 Å². The lowest BCUT2D eigenvalue weighted by molar-refractivity contribution is -0.385. The van der Waals surface area contributed by atoms with Crippen molar-refractivity contribution in [2.24, 2.45) is 11.8 Å². The molecule has 1 aliphatic heterocycles. The second-order valence-electron chi connectivity index (χ2n) is 7.49. The molecule has 1 heterocycles. The Balaban J connectivity index is 1.65. The van der Waals surface area contributed by atoms with Gasteiger partial charge in [-0.15, -0.1) is 0 Å². The number of ether oxygens (including phenoxy) is 3. The number of nitro benzene ring substituents is 1. The maximum atomic E-state index is 12.5. The van der Waals surface area contributed by atoms with Crippen LogP contribution in [-0.4, -0.2) is 55.6 Å². The summed E-state index contributed by atoms with van der Waals surface area (Å²) < 4.78 is 15.3. The van der Waals surface area contributed by atoms with E-state index in [2.05, 4.69) is 0 Å². The Hall–Kier alpha value is -2.84. The molecule has 1 aromatic carbocycles.